The van der Waals surface area contributed by atoms with Gasteiger partial charge in [-0.15, -0.1) is 0 Å². The van der Waals surface area contributed by atoms with Crippen molar-refractivity contribution >= 4 is 55.0 Å². The number of piperidine rings is 1. The Hall–Kier alpha value is -7.12. The van der Waals surface area contributed by atoms with Crippen molar-refractivity contribution in [2.45, 2.75) is 93.9 Å². The molecule has 18 heteroatoms. The Labute approximate surface area is 468 Å². The number of hydrogen-bond donors (Lipinski definition) is 2. The first-order chi connectivity index (χ1) is 39.6. The molecule has 8 aliphatic heterocycles. The van der Waals surface area contributed by atoms with Crippen LogP contribution in [0.1, 0.15) is 70.6 Å². The normalized spacial score (nSPS) is 23.8. The fraction of sp³-hybridized carbons (Fsp3) is 0.460. The molecule has 0 amide bonds. The molecule has 0 radical (unpaired) electrons. The van der Waals surface area contributed by atoms with Crippen LogP contribution < -0.4 is 19.3 Å². The highest BCUT2D eigenvalue weighted by molar-refractivity contribution is 6.01. The summed E-state index contributed by atoms with van der Waals surface area (Å²) in [4.78, 5) is 37.8. The number of benzene rings is 4. The first-order valence-electron chi connectivity index (χ1n) is 29.3. The minimum atomic E-state index is -0.542. The number of aromatic nitrogens is 6. The topological polar surface area (TPSA) is 168 Å². The third kappa shape index (κ3) is 9.07. The summed E-state index contributed by atoms with van der Waals surface area (Å²) in [6, 6.07) is 22.1. The summed E-state index contributed by atoms with van der Waals surface area (Å²) in [6.45, 7) is 9.98. The molecule has 0 aliphatic carbocycles. The largest absolute Gasteiger partial charge is 0.508 e. The second kappa shape index (κ2) is 20.4. The molecular formula is C63H66F2N10O6. The minimum Gasteiger partial charge on any atom is -0.508 e. The van der Waals surface area contributed by atoms with E-state index < -0.39 is 11.6 Å². The highest BCUT2D eigenvalue weighted by Gasteiger charge is 2.47. The molecule has 4 atom stereocenters. The molecule has 2 N–H and O–H groups in total. The summed E-state index contributed by atoms with van der Waals surface area (Å²) < 4.78 is 57.6. The molecule has 8 aliphatic rings. The van der Waals surface area contributed by atoms with E-state index in [1.165, 1.54) is 25.7 Å². The smallest absolute Gasteiger partial charge is 0.319 e. The van der Waals surface area contributed by atoms with Gasteiger partial charge in [0.25, 0.3) is 0 Å². The number of nitrogens with zero attached hydrogens (tertiary/aromatic N) is 10. The summed E-state index contributed by atoms with van der Waals surface area (Å²) >= 11 is 0. The van der Waals surface area contributed by atoms with Gasteiger partial charge >= 0.3 is 12.0 Å². The number of rotatable bonds is 10. The van der Waals surface area contributed by atoms with Crippen molar-refractivity contribution in [3.05, 3.63) is 96.8 Å². The second-order valence-electron chi connectivity index (χ2n) is 24.0. The molecule has 4 aromatic carbocycles. The van der Waals surface area contributed by atoms with Gasteiger partial charge in [-0.2, -0.15) is 19.9 Å². The van der Waals surface area contributed by atoms with E-state index in [1.54, 1.807) is 36.7 Å². The van der Waals surface area contributed by atoms with Crippen LogP contribution in [0.15, 0.2) is 85.2 Å². The zero-order valence-corrected chi connectivity index (χ0v) is 45.4. The Bertz CT molecular complexity index is 3730. The summed E-state index contributed by atoms with van der Waals surface area (Å²) in [6.07, 6.45) is 15.8. The quantitative estimate of drug-likeness (QED) is 0.133. The van der Waals surface area contributed by atoms with E-state index in [4.69, 9.17) is 28.9 Å². The van der Waals surface area contributed by atoms with Gasteiger partial charge in [0, 0.05) is 62.2 Å². The van der Waals surface area contributed by atoms with Crippen LogP contribution in [0, 0.1) is 23.5 Å². The summed E-state index contributed by atoms with van der Waals surface area (Å²) in [7, 11) is 0. The number of hydrogen-bond acceptors (Lipinski definition) is 16. The molecule has 4 aromatic heterocycles. The van der Waals surface area contributed by atoms with E-state index in [2.05, 4.69) is 39.5 Å². The van der Waals surface area contributed by atoms with Gasteiger partial charge in [-0.25, -0.2) is 8.78 Å². The van der Waals surface area contributed by atoms with Gasteiger partial charge < -0.3 is 39.0 Å². The molecule has 16 rings (SSSR count). The zero-order valence-electron chi connectivity index (χ0n) is 45.4. The number of ether oxygens (including phenoxy) is 4. The van der Waals surface area contributed by atoms with Crippen LogP contribution in [-0.4, -0.2) is 152 Å². The molecule has 16 nitrogen and oxygen atoms in total. The lowest BCUT2D eigenvalue weighted by Crippen LogP contribution is -2.44. The van der Waals surface area contributed by atoms with Crippen molar-refractivity contribution in [3.63, 3.8) is 0 Å². The molecule has 12 heterocycles. The van der Waals surface area contributed by atoms with E-state index in [0.717, 1.165) is 119 Å². The molecule has 81 heavy (non-hydrogen) atoms. The number of phenolic OH excluding ortho intramolecular Hbond substituents is 2. The number of phenols is 2. The van der Waals surface area contributed by atoms with Crippen LogP contribution in [0.2, 0.25) is 0 Å². The van der Waals surface area contributed by atoms with Crippen LogP contribution in [0.4, 0.5) is 20.4 Å². The molecule has 418 valence electrons. The van der Waals surface area contributed by atoms with E-state index in [0.29, 0.717) is 71.7 Å². The van der Waals surface area contributed by atoms with Gasteiger partial charge in [0.1, 0.15) is 58.8 Å². The second-order valence-corrected chi connectivity index (χ2v) is 24.0. The third-order valence-corrected chi connectivity index (χ3v) is 19.3. The number of anilines is 2. The van der Waals surface area contributed by atoms with Gasteiger partial charge in [-0.3, -0.25) is 19.8 Å². The Morgan fingerprint density at radius 2 is 1.02 bits per heavy atom. The molecule has 8 saturated heterocycles. The lowest BCUT2D eigenvalue weighted by molar-refractivity contribution is 0.0302. The fourth-order valence-electron chi connectivity index (χ4n) is 15.2. The van der Waals surface area contributed by atoms with Crippen molar-refractivity contribution in [3.8, 4) is 46.0 Å². The fourth-order valence-corrected chi connectivity index (χ4v) is 15.2. The lowest BCUT2D eigenvalue weighted by atomic mass is 9.88. The highest BCUT2D eigenvalue weighted by Crippen LogP contribution is 2.44. The van der Waals surface area contributed by atoms with Gasteiger partial charge in [0.2, 0.25) is 0 Å². The van der Waals surface area contributed by atoms with Crippen LogP contribution in [0.25, 0.3) is 65.9 Å². The monoisotopic (exact) mass is 1100 g/mol. The van der Waals surface area contributed by atoms with Crippen molar-refractivity contribution in [2.75, 3.05) is 88.6 Å². The number of fused-ring (bicyclic) bond motifs is 9. The number of morpholine rings is 1. The van der Waals surface area contributed by atoms with Gasteiger partial charge in [0.05, 0.1) is 40.7 Å². The number of pyridine rings is 2. The average molecular weight is 1100 g/mol. The maximum atomic E-state index is 16.6. The number of aromatic hydroxyl groups is 2. The Morgan fingerprint density at radius 1 is 0.543 bits per heavy atom. The van der Waals surface area contributed by atoms with Crippen molar-refractivity contribution < 1.29 is 37.9 Å². The van der Waals surface area contributed by atoms with Crippen LogP contribution in [0.3, 0.4) is 0 Å². The van der Waals surface area contributed by atoms with Crippen molar-refractivity contribution in [1.29, 1.82) is 0 Å². The standard InChI is InChI=1S/C32H34FN5O3.C31H32FN5O3/c33-27-28(25-14-23(39)13-20-5-1-2-6-24(20)25)34-15-26-29(27)35-31(41-19-32-8-3-10-38(32)11-4-9-32)36-30(26)37-12-7-21-17-40-18-22(21)16-37;32-26-27(24-14-20(38)13-19-5-1-2-6-23(19)24)33-15-25-28(26)34-30(39-18-31-9-3-11-37(31)12-4-10-31)35-29(25)36-16-21-7-8-22(17-36)40-21/h1-2,5-6,13-15,21-22,39H,3-4,7-12,16-19H2;1-2,5-6,13-15,21-22,38H,3-4,7-12,16-18H2. The molecule has 4 unspecified atom stereocenters. The summed E-state index contributed by atoms with van der Waals surface area (Å²) in [5.74, 6) is 1.34. The Kier molecular flexibility index (Phi) is 12.8. The van der Waals surface area contributed by atoms with Gasteiger partial charge in [-0.1, -0.05) is 48.5 Å². The van der Waals surface area contributed by atoms with Crippen LogP contribution >= 0.6 is 0 Å². The molecule has 8 fully saturated rings. The lowest BCUT2D eigenvalue weighted by Gasteiger charge is -2.35. The summed E-state index contributed by atoms with van der Waals surface area (Å²) in [5.41, 5.74) is 1.78. The first kappa shape index (κ1) is 50.8. The molecular weight excluding hydrogens is 1030 g/mol. The SMILES string of the molecule is Oc1cc(-c2ncc3c(N4CC5CCC(C4)O5)nc(OCC45CCCN4CCC5)nc3c2F)c2ccccc2c1.Oc1cc(-c2ncc3c(N4CCC5COCC5C4)nc(OCC45CCCN4CCC5)nc3c2F)c2ccccc2c1. The Balaban J connectivity index is 0.000000139. The van der Waals surface area contributed by atoms with E-state index in [1.807, 2.05) is 48.5 Å². The number of halogens is 2. The average Bonchev–Trinajstić information content (AvgIpc) is 4.50. The van der Waals surface area contributed by atoms with Crippen LogP contribution in [-0.2, 0) is 9.47 Å². The minimum absolute atomic E-state index is 0.0268. The highest BCUT2D eigenvalue weighted by atomic mass is 19.1. The van der Waals surface area contributed by atoms with E-state index in [9.17, 15) is 10.2 Å². The van der Waals surface area contributed by atoms with E-state index in [-0.39, 0.29) is 69.2 Å². The van der Waals surface area contributed by atoms with Crippen molar-refractivity contribution in [1.82, 2.24) is 39.7 Å². The maximum Gasteiger partial charge on any atom is 0.319 e. The third-order valence-electron chi connectivity index (χ3n) is 19.3. The molecule has 0 spiro atoms. The predicted octanol–water partition coefficient (Wildman–Crippen LogP) is 10.2. The molecule has 8 aromatic rings. The van der Waals surface area contributed by atoms with E-state index >= 15 is 8.78 Å². The van der Waals surface area contributed by atoms with Gasteiger partial charge in [-0.05, 0) is 149 Å². The van der Waals surface area contributed by atoms with Gasteiger partial charge in [0.15, 0.2) is 11.6 Å². The van der Waals surface area contributed by atoms with Crippen molar-refractivity contribution in [2.24, 2.45) is 11.8 Å². The Morgan fingerprint density at radius 3 is 1.54 bits per heavy atom. The zero-order chi connectivity index (χ0) is 54.4. The maximum absolute atomic E-state index is 16.6. The molecule has 0 saturated carbocycles. The summed E-state index contributed by atoms with van der Waals surface area (Å²) in [5, 5.41) is 25.2. The molecule has 2 bridgehead atoms. The predicted molar refractivity (Wildman–Crippen MR) is 305 cm³/mol. The van der Waals surface area contributed by atoms with Crippen LogP contribution in [0.5, 0.6) is 23.5 Å². The first-order valence-corrected chi connectivity index (χ1v) is 29.3.